The van der Waals surface area contributed by atoms with E-state index >= 15 is 0 Å². The molecule has 7 nitrogen and oxygen atoms in total. The highest BCUT2D eigenvalue weighted by atomic mass is 32.1. The van der Waals surface area contributed by atoms with Crippen LogP contribution >= 0.6 is 11.3 Å². The molecule has 2 N–H and O–H groups in total. The van der Waals surface area contributed by atoms with Crippen LogP contribution in [0.15, 0.2) is 99.5 Å². The van der Waals surface area contributed by atoms with Gasteiger partial charge >= 0.3 is 5.63 Å². The summed E-state index contributed by atoms with van der Waals surface area (Å²) in [5, 5.41) is 8.33. The molecule has 0 radical (unpaired) electrons. The molecule has 2 heterocycles. The van der Waals surface area contributed by atoms with E-state index < -0.39 is 11.5 Å². The van der Waals surface area contributed by atoms with E-state index in [1.165, 1.54) is 17.4 Å². The van der Waals surface area contributed by atoms with E-state index in [1.54, 1.807) is 53.9 Å². The first-order valence-electron chi connectivity index (χ1n) is 10.3. The van der Waals surface area contributed by atoms with Crippen LogP contribution in [0.25, 0.3) is 22.2 Å². The molecule has 0 saturated carbocycles. The van der Waals surface area contributed by atoms with Crippen molar-refractivity contribution in [2.75, 3.05) is 10.6 Å². The third-order valence-corrected chi connectivity index (χ3v) is 5.84. The predicted molar refractivity (Wildman–Crippen MR) is 132 cm³/mol. The summed E-state index contributed by atoms with van der Waals surface area (Å²) in [7, 11) is 0. The Morgan fingerprint density at radius 3 is 2.35 bits per heavy atom. The fourth-order valence-electron chi connectivity index (χ4n) is 3.37. The van der Waals surface area contributed by atoms with Crippen molar-refractivity contribution in [1.82, 2.24) is 4.98 Å². The molecule has 5 aromatic rings. The number of anilines is 2. The third-order valence-electron chi connectivity index (χ3n) is 5.09. The quantitative estimate of drug-likeness (QED) is 0.336. The van der Waals surface area contributed by atoms with Gasteiger partial charge in [-0.1, -0.05) is 48.5 Å². The highest BCUT2D eigenvalue weighted by Gasteiger charge is 2.16. The molecule has 2 aromatic heterocycles. The SMILES string of the molecule is O=C(Nc1ccc(-c2csc(NC(=O)c3cc4ccccc4oc3=O)n2)cc1)c1ccccc1. The summed E-state index contributed by atoms with van der Waals surface area (Å²) in [6.45, 7) is 0. The van der Waals surface area contributed by atoms with Gasteiger partial charge in [-0.15, -0.1) is 11.3 Å². The zero-order valence-electron chi connectivity index (χ0n) is 17.6. The highest BCUT2D eigenvalue weighted by Crippen LogP contribution is 2.26. The van der Waals surface area contributed by atoms with Gasteiger partial charge < -0.3 is 9.73 Å². The largest absolute Gasteiger partial charge is 0.422 e. The predicted octanol–water partition coefficient (Wildman–Crippen LogP) is 5.42. The minimum atomic E-state index is -0.707. The van der Waals surface area contributed by atoms with E-state index in [2.05, 4.69) is 15.6 Å². The molecule has 0 saturated heterocycles. The fraction of sp³-hybridized carbons (Fsp3) is 0. The summed E-state index contributed by atoms with van der Waals surface area (Å²) in [4.78, 5) is 41.6. The van der Waals surface area contributed by atoms with Gasteiger partial charge in [-0.3, -0.25) is 14.9 Å². The first-order chi connectivity index (χ1) is 16.6. The molecule has 3 aromatic carbocycles. The smallest absolute Gasteiger partial charge is 0.349 e. The number of rotatable bonds is 5. The van der Waals surface area contributed by atoms with Gasteiger partial charge in [0.15, 0.2) is 5.13 Å². The number of amides is 2. The number of fused-ring (bicyclic) bond motifs is 1. The number of carbonyl (C=O) groups is 2. The van der Waals surface area contributed by atoms with Gasteiger partial charge in [-0.2, -0.15) is 0 Å². The van der Waals surface area contributed by atoms with Gasteiger partial charge in [0.05, 0.1) is 5.69 Å². The topological polar surface area (TPSA) is 101 Å². The summed E-state index contributed by atoms with van der Waals surface area (Å²) in [5.41, 5.74) is 2.34. The van der Waals surface area contributed by atoms with Crippen LogP contribution in [0, 0.1) is 0 Å². The Bertz CT molecular complexity index is 1560. The summed E-state index contributed by atoms with van der Waals surface area (Å²) < 4.78 is 5.23. The average molecular weight is 468 g/mol. The Morgan fingerprint density at radius 1 is 0.824 bits per heavy atom. The van der Waals surface area contributed by atoms with Crippen LogP contribution in [0.2, 0.25) is 0 Å². The van der Waals surface area contributed by atoms with Crippen LogP contribution in [0.4, 0.5) is 10.8 Å². The van der Waals surface area contributed by atoms with Gasteiger partial charge in [-0.25, -0.2) is 9.78 Å². The Hall–Kier alpha value is -4.56. The van der Waals surface area contributed by atoms with Crippen molar-refractivity contribution < 1.29 is 14.0 Å². The fourth-order valence-corrected chi connectivity index (χ4v) is 4.08. The molecule has 0 spiro atoms. The van der Waals surface area contributed by atoms with Crippen molar-refractivity contribution in [2.24, 2.45) is 0 Å². The van der Waals surface area contributed by atoms with Gasteiger partial charge in [0, 0.05) is 27.6 Å². The summed E-state index contributed by atoms with van der Waals surface area (Å²) in [6.07, 6.45) is 0. The number of nitrogens with zero attached hydrogens (tertiary/aromatic N) is 1. The van der Waals surface area contributed by atoms with Crippen LogP contribution in [-0.2, 0) is 0 Å². The molecular formula is C26H17N3O4S. The van der Waals surface area contributed by atoms with E-state index in [0.717, 1.165) is 5.56 Å². The van der Waals surface area contributed by atoms with Crippen LogP contribution in [0.5, 0.6) is 0 Å². The molecule has 0 atom stereocenters. The second-order valence-corrected chi connectivity index (χ2v) is 8.23. The number of thiazole rings is 1. The Morgan fingerprint density at radius 2 is 1.56 bits per heavy atom. The van der Waals surface area contributed by atoms with Gasteiger partial charge in [0.2, 0.25) is 0 Å². The van der Waals surface area contributed by atoms with Crippen molar-refractivity contribution in [1.29, 1.82) is 0 Å². The molecule has 8 heteroatoms. The number of hydrogen-bond acceptors (Lipinski definition) is 6. The number of nitrogens with one attached hydrogen (secondary N) is 2. The second-order valence-electron chi connectivity index (χ2n) is 7.37. The standard InChI is InChI=1S/C26H17N3O4S/c30-23(17-6-2-1-3-7-17)27-19-12-10-16(11-13-19)21-15-34-26(28-21)29-24(31)20-14-18-8-4-5-9-22(18)33-25(20)32/h1-15H,(H,27,30)(H,28,29,31). The minimum Gasteiger partial charge on any atom is -0.422 e. The molecule has 2 amide bonds. The van der Waals surface area contributed by atoms with Crippen molar-refractivity contribution in [3.63, 3.8) is 0 Å². The first-order valence-corrected chi connectivity index (χ1v) is 11.2. The number of para-hydroxylation sites is 1. The van der Waals surface area contributed by atoms with Crippen LogP contribution in [0.3, 0.4) is 0 Å². The number of hydrogen-bond donors (Lipinski definition) is 2. The highest BCUT2D eigenvalue weighted by molar-refractivity contribution is 7.14. The molecule has 0 aliphatic heterocycles. The molecule has 0 aliphatic carbocycles. The van der Waals surface area contributed by atoms with Crippen molar-refractivity contribution in [3.05, 3.63) is 112 Å². The molecular weight excluding hydrogens is 450 g/mol. The minimum absolute atomic E-state index is 0.0889. The van der Waals surface area contributed by atoms with Crippen LogP contribution in [-0.4, -0.2) is 16.8 Å². The molecule has 0 fully saturated rings. The van der Waals surface area contributed by atoms with Crippen molar-refractivity contribution in [2.45, 2.75) is 0 Å². The van der Waals surface area contributed by atoms with E-state index in [-0.39, 0.29) is 11.5 Å². The van der Waals surface area contributed by atoms with Gasteiger partial charge in [-0.05, 0) is 36.4 Å². The Balaban J connectivity index is 1.28. The molecule has 0 bridgehead atoms. The number of benzene rings is 3. The maximum atomic E-state index is 12.6. The van der Waals surface area contributed by atoms with E-state index in [0.29, 0.717) is 33.0 Å². The van der Waals surface area contributed by atoms with E-state index in [4.69, 9.17) is 4.42 Å². The van der Waals surface area contributed by atoms with E-state index in [9.17, 15) is 14.4 Å². The summed E-state index contributed by atoms with van der Waals surface area (Å²) >= 11 is 1.24. The number of aromatic nitrogens is 1. The number of carbonyl (C=O) groups excluding carboxylic acids is 2. The molecule has 0 aliphatic rings. The van der Waals surface area contributed by atoms with E-state index in [1.807, 2.05) is 30.3 Å². The lowest BCUT2D eigenvalue weighted by Gasteiger charge is -2.06. The van der Waals surface area contributed by atoms with Gasteiger partial charge in [0.25, 0.3) is 11.8 Å². The second kappa shape index (κ2) is 9.13. The first kappa shape index (κ1) is 21.3. The van der Waals surface area contributed by atoms with Crippen LogP contribution < -0.4 is 16.3 Å². The lowest BCUT2D eigenvalue weighted by atomic mass is 10.1. The maximum absolute atomic E-state index is 12.6. The molecule has 5 rings (SSSR count). The van der Waals surface area contributed by atoms with Crippen molar-refractivity contribution in [3.8, 4) is 11.3 Å². The zero-order chi connectivity index (χ0) is 23.5. The van der Waals surface area contributed by atoms with Crippen LogP contribution in [0.1, 0.15) is 20.7 Å². The Kier molecular flexibility index (Phi) is 5.72. The summed E-state index contributed by atoms with van der Waals surface area (Å²) in [6, 6.07) is 24.7. The average Bonchev–Trinajstić information content (AvgIpc) is 3.33. The lowest BCUT2D eigenvalue weighted by Crippen LogP contribution is -2.20. The summed E-state index contributed by atoms with van der Waals surface area (Å²) in [5.74, 6) is -0.774. The maximum Gasteiger partial charge on any atom is 0.349 e. The monoisotopic (exact) mass is 467 g/mol. The molecule has 0 unspecified atom stereocenters. The molecule has 34 heavy (non-hydrogen) atoms. The Labute approximate surface area is 197 Å². The normalized spacial score (nSPS) is 10.7. The van der Waals surface area contributed by atoms with Gasteiger partial charge in [0.1, 0.15) is 11.1 Å². The van der Waals surface area contributed by atoms with Crippen molar-refractivity contribution >= 4 is 44.9 Å². The molecule has 166 valence electrons. The third kappa shape index (κ3) is 4.48. The zero-order valence-corrected chi connectivity index (χ0v) is 18.5. The lowest BCUT2D eigenvalue weighted by molar-refractivity contribution is 0.101.